The maximum Gasteiger partial charge on any atom is 0.275 e. The number of hydrogen-bond donors (Lipinski definition) is 2. The van der Waals surface area contributed by atoms with Gasteiger partial charge in [-0.15, -0.1) is 0 Å². The third-order valence-corrected chi connectivity index (χ3v) is 3.99. The standard InChI is InChI=1S/C21H21N5O2/c1-15(27)24-17-8-10-18(11-9-17)25-21(28)19-12-23-20(13-22-19)26(2)14-16-6-4-3-5-7-16/h3-13H,14H2,1-2H3,(H,24,27)(H,25,28). The fourth-order valence-corrected chi connectivity index (χ4v) is 2.61. The molecule has 2 aromatic carbocycles. The van der Waals surface area contributed by atoms with E-state index in [0.29, 0.717) is 23.7 Å². The summed E-state index contributed by atoms with van der Waals surface area (Å²) in [5, 5.41) is 5.43. The van der Waals surface area contributed by atoms with Crippen LogP contribution in [0, 0.1) is 0 Å². The molecule has 0 unspecified atom stereocenters. The van der Waals surface area contributed by atoms with Gasteiger partial charge in [0, 0.05) is 31.9 Å². The predicted molar refractivity (Wildman–Crippen MR) is 109 cm³/mol. The van der Waals surface area contributed by atoms with Gasteiger partial charge in [0.1, 0.15) is 11.5 Å². The van der Waals surface area contributed by atoms with Crippen molar-refractivity contribution in [2.75, 3.05) is 22.6 Å². The van der Waals surface area contributed by atoms with Crippen LogP contribution in [0.5, 0.6) is 0 Å². The van der Waals surface area contributed by atoms with Crippen molar-refractivity contribution in [1.29, 1.82) is 0 Å². The Hall–Kier alpha value is -3.74. The van der Waals surface area contributed by atoms with Gasteiger partial charge in [-0.05, 0) is 29.8 Å². The number of rotatable bonds is 6. The van der Waals surface area contributed by atoms with E-state index >= 15 is 0 Å². The monoisotopic (exact) mass is 375 g/mol. The van der Waals surface area contributed by atoms with Gasteiger partial charge >= 0.3 is 0 Å². The quantitative estimate of drug-likeness (QED) is 0.690. The molecular formula is C21H21N5O2. The number of carbonyl (C=O) groups excluding carboxylic acids is 2. The highest BCUT2D eigenvalue weighted by molar-refractivity contribution is 6.02. The minimum atomic E-state index is -0.350. The molecule has 0 aliphatic heterocycles. The van der Waals surface area contributed by atoms with E-state index in [-0.39, 0.29) is 17.5 Å². The lowest BCUT2D eigenvalue weighted by atomic mass is 10.2. The lowest BCUT2D eigenvalue weighted by Gasteiger charge is -2.17. The van der Waals surface area contributed by atoms with Gasteiger partial charge in [-0.1, -0.05) is 30.3 Å². The zero-order valence-electron chi connectivity index (χ0n) is 15.7. The Balaban J connectivity index is 1.61. The molecule has 1 heterocycles. The molecule has 0 fully saturated rings. The lowest BCUT2D eigenvalue weighted by Crippen LogP contribution is -2.19. The zero-order chi connectivity index (χ0) is 19.9. The van der Waals surface area contributed by atoms with Gasteiger partial charge in [0.2, 0.25) is 5.91 Å². The number of amides is 2. The van der Waals surface area contributed by atoms with Crippen LogP contribution >= 0.6 is 0 Å². The first kappa shape index (κ1) is 19.0. The summed E-state index contributed by atoms with van der Waals surface area (Å²) in [7, 11) is 1.92. The highest BCUT2D eigenvalue weighted by Gasteiger charge is 2.10. The lowest BCUT2D eigenvalue weighted by molar-refractivity contribution is -0.114. The van der Waals surface area contributed by atoms with E-state index in [9.17, 15) is 9.59 Å². The average Bonchev–Trinajstić information content (AvgIpc) is 2.70. The molecule has 0 atom stereocenters. The van der Waals surface area contributed by atoms with Crippen LogP contribution < -0.4 is 15.5 Å². The van der Waals surface area contributed by atoms with E-state index in [1.54, 1.807) is 30.5 Å². The fourth-order valence-electron chi connectivity index (χ4n) is 2.61. The molecule has 1 aromatic heterocycles. The highest BCUT2D eigenvalue weighted by Crippen LogP contribution is 2.15. The number of benzene rings is 2. The Morgan fingerprint density at radius 2 is 1.54 bits per heavy atom. The Morgan fingerprint density at radius 1 is 0.893 bits per heavy atom. The minimum absolute atomic E-state index is 0.149. The fraction of sp³-hybridized carbons (Fsp3) is 0.143. The molecule has 2 amide bonds. The smallest absolute Gasteiger partial charge is 0.275 e. The summed E-state index contributed by atoms with van der Waals surface area (Å²) in [4.78, 5) is 33.9. The minimum Gasteiger partial charge on any atom is -0.354 e. The van der Waals surface area contributed by atoms with Crippen molar-refractivity contribution in [2.24, 2.45) is 0 Å². The van der Waals surface area contributed by atoms with E-state index in [0.717, 1.165) is 5.56 Å². The molecule has 7 heteroatoms. The van der Waals surface area contributed by atoms with Crippen molar-refractivity contribution in [2.45, 2.75) is 13.5 Å². The van der Waals surface area contributed by atoms with Crippen LogP contribution in [0.25, 0.3) is 0 Å². The van der Waals surface area contributed by atoms with Gasteiger partial charge in [0.05, 0.1) is 12.4 Å². The first-order valence-electron chi connectivity index (χ1n) is 8.77. The molecule has 0 spiro atoms. The molecule has 0 aliphatic rings. The second kappa shape index (κ2) is 8.77. The normalized spacial score (nSPS) is 10.2. The molecule has 142 valence electrons. The Kier molecular flexibility index (Phi) is 5.96. The summed E-state index contributed by atoms with van der Waals surface area (Å²) in [6, 6.07) is 16.9. The number of nitrogens with zero attached hydrogens (tertiary/aromatic N) is 3. The number of nitrogens with one attached hydrogen (secondary N) is 2. The number of carbonyl (C=O) groups is 2. The van der Waals surface area contributed by atoms with E-state index in [2.05, 4.69) is 20.6 Å². The van der Waals surface area contributed by atoms with Crippen LogP contribution in [0.3, 0.4) is 0 Å². The summed E-state index contributed by atoms with van der Waals surface area (Å²) in [6.45, 7) is 2.14. The van der Waals surface area contributed by atoms with Gasteiger partial charge < -0.3 is 15.5 Å². The van der Waals surface area contributed by atoms with E-state index in [1.807, 2.05) is 42.3 Å². The van der Waals surface area contributed by atoms with Crippen LogP contribution in [0.4, 0.5) is 17.2 Å². The topological polar surface area (TPSA) is 87.2 Å². The Bertz CT molecular complexity index is 941. The molecular weight excluding hydrogens is 354 g/mol. The van der Waals surface area contributed by atoms with Gasteiger partial charge in [-0.3, -0.25) is 9.59 Å². The average molecular weight is 375 g/mol. The Labute approximate surface area is 163 Å². The third-order valence-electron chi connectivity index (χ3n) is 3.99. The van der Waals surface area contributed by atoms with Crippen molar-refractivity contribution in [3.05, 3.63) is 78.2 Å². The molecule has 0 radical (unpaired) electrons. The SMILES string of the molecule is CC(=O)Nc1ccc(NC(=O)c2cnc(N(C)Cc3ccccc3)cn2)cc1. The predicted octanol–water partition coefficient (Wildman–Crippen LogP) is 3.32. The third kappa shape index (κ3) is 5.14. The van der Waals surface area contributed by atoms with E-state index in [1.165, 1.54) is 13.1 Å². The highest BCUT2D eigenvalue weighted by atomic mass is 16.2. The summed E-state index contributed by atoms with van der Waals surface area (Å²) < 4.78 is 0. The van der Waals surface area contributed by atoms with E-state index < -0.39 is 0 Å². The zero-order valence-corrected chi connectivity index (χ0v) is 15.7. The number of hydrogen-bond acceptors (Lipinski definition) is 5. The van der Waals surface area contributed by atoms with Gasteiger partial charge in [-0.2, -0.15) is 0 Å². The van der Waals surface area contributed by atoms with Crippen molar-refractivity contribution in [1.82, 2.24) is 9.97 Å². The number of anilines is 3. The van der Waals surface area contributed by atoms with Crippen LogP contribution in [0.15, 0.2) is 67.0 Å². The Morgan fingerprint density at radius 3 is 2.11 bits per heavy atom. The maximum atomic E-state index is 12.4. The molecule has 28 heavy (non-hydrogen) atoms. The summed E-state index contributed by atoms with van der Waals surface area (Å²) >= 11 is 0. The largest absolute Gasteiger partial charge is 0.354 e. The van der Waals surface area contributed by atoms with E-state index in [4.69, 9.17) is 0 Å². The summed E-state index contributed by atoms with van der Waals surface area (Å²) in [5.41, 5.74) is 2.65. The molecule has 0 saturated carbocycles. The molecule has 3 rings (SSSR count). The van der Waals surface area contributed by atoms with Gasteiger partial charge in [-0.25, -0.2) is 9.97 Å². The van der Waals surface area contributed by atoms with Crippen molar-refractivity contribution < 1.29 is 9.59 Å². The molecule has 2 N–H and O–H groups in total. The van der Waals surface area contributed by atoms with Crippen LogP contribution in [-0.2, 0) is 11.3 Å². The maximum absolute atomic E-state index is 12.4. The summed E-state index contributed by atoms with van der Waals surface area (Å²) in [6.07, 6.45) is 3.04. The summed E-state index contributed by atoms with van der Waals surface area (Å²) in [5.74, 6) is 0.182. The van der Waals surface area contributed by atoms with Crippen LogP contribution in [-0.4, -0.2) is 28.8 Å². The van der Waals surface area contributed by atoms with Crippen molar-refractivity contribution >= 4 is 29.0 Å². The molecule has 7 nitrogen and oxygen atoms in total. The van der Waals surface area contributed by atoms with Crippen LogP contribution in [0.2, 0.25) is 0 Å². The first-order chi connectivity index (χ1) is 13.5. The van der Waals surface area contributed by atoms with Gasteiger partial charge in [0.15, 0.2) is 0 Å². The van der Waals surface area contributed by atoms with Crippen molar-refractivity contribution in [3.8, 4) is 0 Å². The molecule has 0 aliphatic carbocycles. The second-order valence-electron chi connectivity index (χ2n) is 6.31. The molecule has 0 saturated heterocycles. The first-order valence-corrected chi connectivity index (χ1v) is 8.77. The van der Waals surface area contributed by atoms with Gasteiger partial charge in [0.25, 0.3) is 5.91 Å². The number of aromatic nitrogens is 2. The molecule has 3 aromatic rings. The van der Waals surface area contributed by atoms with Crippen LogP contribution in [0.1, 0.15) is 23.0 Å². The second-order valence-corrected chi connectivity index (χ2v) is 6.31. The van der Waals surface area contributed by atoms with Crippen molar-refractivity contribution in [3.63, 3.8) is 0 Å². The molecule has 0 bridgehead atoms.